The fraction of sp³-hybridized carbons (Fsp3) is 0.579. The predicted octanol–water partition coefficient (Wildman–Crippen LogP) is 2.53. The first-order valence-corrected chi connectivity index (χ1v) is 9.44. The maximum absolute atomic E-state index is 13.5. The molecule has 0 spiro atoms. The zero-order chi connectivity index (χ0) is 19.2. The van der Waals surface area contributed by atoms with Crippen LogP contribution >= 0.6 is 0 Å². The van der Waals surface area contributed by atoms with E-state index < -0.39 is 11.6 Å². The summed E-state index contributed by atoms with van der Waals surface area (Å²) in [7, 11) is 0. The van der Waals surface area contributed by atoms with Gasteiger partial charge >= 0.3 is 6.03 Å². The molecule has 1 heterocycles. The zero-order valence-corrected chi connectivity index (χ0v) is 15.3. The Bertz CT molecular complexity index is 672. The van der Waals surface area contributed by atoms with Gasteiger partial charge < -0.3 is 19.9 Å². The molecule has 2 aliphatic rings. The summed E-state index contributed by atoms with van der Waals surface area (Å²) in [5.41, 5.74) is 0. The van der Waals surface area contributed by atoms with Crippen molar-refractivity contribution in [2.45, 2.75) is 38.1 Å². The van der Waals surface area contributed by atoms with E-state index in [1.54, 1.807) is 9.80 Å². The van der Waals surface area contributed by atoms with Crippen LogP contribution in [0.15, 0.2) is 18.2 Å². The van der Waals surface area contributed by atoms with Crippen molar-refractivity contribution in [2.24, 2.45) is 0 Å². The minimum atomic E-state index is -0.841. The third kappa shape index (κ3) is 5.30. The summed E-state index contributed by atoms with van der Waals surface area (Å²) < 4.78 is 31.6. The third-order valence-corrected chi connectivity index (χ3v) is 5.10. The second-order valence-electron chi connectivity index (χ2n) is 7.02. The van der Waals surface area contributed by atoms with Crippen molar-refractivity contribution in [1.29, 1.82) is 0 Å². The van der Waals surface area contributed by atoms with E-state index >= 15 is 0 Å². The molecule has 1 saturated heterocycles. The third-order valence-electron chi connectivity index (χ3n) is 5.10. The van der Waals surface area contributed by atoms with Gasteiger partial charge in [-0.1, -0.05) is 19.3 Å². The number of urea groups is 1. The number of ether oxygens (including phenoxy) is 1. The topological polar surface area (TPSA) is 61.9 Å². The normalized spacial score (nSPS) is 18.3. The van der Waals surface area contributed by atoms with E-state index in [-0.39, 0.29) is 30.3 Å². The van der Waals surface area contributed by atoms with Crippen LogP contribution in [-0.2, 0) is 4.79 Å². The van der Waals surface area contributed by atoms with Crippen LogP contribution in [0.1, 0.15) is 32.1 Å². The Morgan fingerprint density at radius 3 is 2.37 bits per heavy atom. The molecule has 0 unspecified atom stereocenters. The summed E-state index contributed by atoms with van der Waals surface area (Å²) in [4.78, 5) is 27.9. The van der Waals surface area contributed by atoms with Crippen LogP contribution in [0.2, 0.25) is 0 Å². The van der Waals surface area contributed by atoms with Gasteiger partial charge in [0.1, 0.15) is 5.82 Å². The maximum Gasteiger partial charge on any atom is 0.317 e. The Hall–Kier alpha value is -2.38. The van der Waals surface area contributed by atoms with E-state index in [0.29, 0.717) is 32.2 Å². The van der Waals surface area contributed by atoms with Crippen molar-refractivity contribution in [3.63, 3.8) is 0 Å². The molecule has 0 radical (unpaired) electrons. The Morgan fingerprint density at radius 2 is 1.70 bits per heavy atom. The lowest BCUT2D eigenvalue weighted by Crippen LogP contribution is -2.55. The van der Waals surface area contributed by atoms with Gasteiger partial charge in [0.25, 0.3) is 5.91 Å². The molecule has 1 saturated carbocycles. The molecular weight excluding hydrogens is 356 g/mol. The SMILES string of the molecule is O=C(COc1ccc(F)cc1F)N1CCN(C(=O)NC2CCCCC2)CC1. The molecular formula is C19H25F2N3O3. The van der Waals surface area contributed by atoms with Crippen LogP contribution in [0, 0.1) is 11.6 Å². The fourth-order valence-electron chi connectivity index (χ4n) is 3.49. The van der Waals surface area contributed by atoms with Crippen molar-refractivity contribution < 1.29 is 23.1 Å². The molecule has 1 aromatic rings. The second-order valence-corrected chi connectivity index (χ2v) is 7.02. The highest BCUT2D eigenvalue weighted by Crippen LogP contribution is 2.19. The van der Waals surface area contributed by atoms with Crippen LogP contribution < -0.4 is 10.1 Å². The number of hydrogen-bond acceptors (Lipinski definition) is 3. The van der Waals surface area contributed by atoms with Gasteiger partial charge in [0.05, 0.1) is 0 Å². The molecule has 27 heavy (non-hydrogen) atoms. The van der Waals surface area contributed by atoms with Crippen LogP contribution in [0.5, 0.6) is 5.75 Å². The fourth-order valence-corrected chi connectivity index (χ4v) is 3.49. The summed E-state index contributed by atoms with van der Waals surface area (Å²) in [6.45, 7) is 1.40. The molecule has 148 valence electrons. The van der Waals surface area contributed by atoms with Gasteiger partial charge in [0.2, 0.25) is 0 Å². The Morgan fingerprint density at radius 1 is 1.04 bits per heavy atom. The first kappa shape index (κ1) is 19.4. The number of nitrogens with zero attached hydrogens (tertiary/aromatic N) is 2. The van der Waals surface area contributed by atoms with Crippen molar-refractivity contribution >= 4 is 11.9 Å². The number of piperazine rings is 1. The summed E-state index contributed by atoms with van der Waals surface area (Å²) in [5.74, 6) is -1.98. The number of hydrogen-bond donors (Lipinski definition) is 1. The predicted molar refractivity (Wildman–Crippen MR) is 95.4 cm³/mol. The number of carbonyl (C=O) groups excluding carboxylic acids is 2. The minimum Gasteiger partial charge on any atom is -0.481 e. The number of nitrogens with one attached hydrogen (secondary N) is 1. The van der Waals surface area contributed by atoms with Gasteiger partial charge in [0, 0.05) is 38.3 Å². The molecule has 2 fully saturated rings. The molecule has 6 nitrogen and oxygen atoms in total. The lowest BCUT2D eigenvalue weighted by Gasteiger charge is -2.36. The number of amides is 3. The lowest BCUT2D eigenvalue weighted by atomic mass is 9.96. The highest BCUT2D eigenvalue weighted by molar-refractivity contribution is 5.79. The Labute approximate surface area is 157 Å². The first-order valence-electron chi connectivity index (χ1n) is 9.44. The number of rotatable bonds is 4. The number of halogens is 2. The highest BCUT2D eigenvalue weighted by Gasteiger charge is 2.26. The van der Waals surface area contributed by atoms with Crippen molar-refractivity contribution in [1.82, 2.24) is 15.1 Å². The molecule has 0 atom stereocenters. The maximum atomic E-state index is 13.5. The smallest absolute Gasteiger partial charge is 0.317 e. The second kappa shape index (κ2) is 9.01. The summed E-state index contributed by atoms with van der Waals surface area (Å²) in [6, 6.07) is 3.13. The van der Waals surface area contributed by atoms with Crippen molar-refractivity contribution in [2.75, 3.05) is 32.8 Å². The van der Waals surface area contributed by atoms with Gasteiger partial charge in [-0.15, -0.1) is 0 Å². The molecule has 8 heteroatoms. The summed E-state index contributed by atoms with van der Waals surface area (Å²) >= 11 is 0. The van der Waals surface area contributed by atoms with Gasteiger partial charge in [-0.25, -0.2) is 13.6 Å². The molecule has 1 aliphatic carbocycles. The average molecular weight is 381 g/mol. The summed E-state index contributed by atoms with van der Waals surface area (Å²) in [5, 5.41) is 3.08. The van der Waals surface area contributed by atoms with E-state index in [2.05, 4.69) is 5.32 Å². The van der Waals surface area contributed by atoms with Crippen LogP contribution in [0.3, 0.4) is 0 Å². The minimum absolute atomic E-state index is 0.0707. The Balaban J connectivity index is 1.41. The van der Waals surface area contributed by atoms with E-state index in [9.17, 15) is 18.4 Å². The molecule has 3 amide bonds. The average Bonchev–Trinajstić information content (AvgIpc) is 2.68. The van der Waals surface area contributed by atoms with Crippen LogP contribution in [-0.4, -0.2) is 60.6 Å². The zero-order valence-electron chi connectivity index (χ0n) is 15.3. The number of carbonyl (C=O) groups is 2. The van der Waals surface area contributed by atoms with Crippen molar-refractivity contribution in [3.05, 3.63) is 29.8 Å². The van der Waals surface area contributed by atoms with Gasteiger partial charge in [-0.2, -0.15) is 0 Å². The van der Waals surface area contributed by atoms with E-state index in [4.69, 9.17) is 4.74 Å². The first-order chi connectivity index (χ1) is 13.0. The monoisotopic (exact) mass is 381 g/mol. The Kier molecular flexibility index (Phi) is 6.47. The van der Waals surface area contributed by atoms with E-state index in [1.165, 1.54) is 6.42 Å². The molecule has 0 bridgehead atoms. The van der Waals surface area contributed by atoms with Gasteiger partial charge in [0.15, 0.2) is 18.2 Å². The molecule has 0 aromatic heterocycles. The number of benzene rings is 1. The molecule has 1 aromatic carbocycles. The standard InChI is InChI=1S/C19H25F2N3O3/c20-14-6-7-17(16(21)12-14)27-13-18(25)23-8-10-24(11-9-23)19(26)22-15-4-2-1-3-5-15/h6-7,12,15H,1-5,8-11,13H2,(H,22,26). The molecule has 1 N–H and O–H groups in total. The lowest BCUT2D eigenvalue weighted by molar-refractivity contribution is -0.134. The van der Waals surface area contributed by atoms with Crippen LogP contribution in [0.25, 0.3) is 0 Å². The highest BCUT2D eigenvalue weighted by atomic mass is 19.1. The molecule has 3 rings (SSSR count). The molecule has 1 aliphatic heterocycles. The summed E-state index contributed by atoms with van der Waals surface area (Å²) in [6.07, 6.45) is 5.60. The van der Waals surface area contributed by atoms with Crippen LogP contribution in [0.4, 0.5) is 13.6 Å². The van der Waals surface area contributed by atoms with Gasteiger partial charge in [-0.05, 0) is 25.0 Å². The van der Waals surface area contributed by atoms with Crippen molar-refractivity contribution in [3.8, 4) is 5.75 Å². The quantitative estimate of drug-likeness (QED) is 0.872. The van der Waals surface area contributed by atoms with E-state index in [0.717, 1.165) is 37.8 Å². The largest absolute Gasteiger partial charge is 0.481 e. The van der Waals surface area contributed by atoms with E-state index in [1.807, 2.05) is 0 Å². The van der Waals surface area contributed by atoms with Gasteiger partial charge in [-0.3, -0.25) is 4.79 Å².